The first-order valence-electron chi connectivity index (χ1n) is 4.81. The van der Waals surface area contributed by atoms with Crippen LogP contribution in [0.5, 0.6) is 0 Å². The third-order valence-electron chi connectivity index (χ3n) is 1.98. The summed E-state index contributed by atoms with van der Waals surface area (Å²) in [7, 11) is 0. The van der Waals surface area contributed by atoms with Crippen LogP contribution in [0.25, 0.3) is 0 Å². The highest BCUT2D eigenvalue weighted by atomic mass is 35.5. The number of nitrogens with zero attached hydrogens (tertiary/aromatic N) is 3. The number of aromatic nitrogens is 3. The van der Waals surface area contributed by atoms with E-state index < -0.39 is 5.91 Å². The van der Waals surface area contributed by atoms with Crippen molar-refractivity contribution < 1.29 is 9.21 Å². The molecule has 2 heterocycles. The molecule has 0 aliphatic heterocycles. The van der Waals surface area contributed by atoms with E-state index in [1.54, 1.807) is 19.9 Å². The Hall–Kier alpha value is -1.95. The second kappa shape index (κ2) is 4.50. The van der Waals surface area contributed by atoms with E-state index in [1.165, 1.54) is 6.07 Å². The highest BCUT2D eigenvalue weighted by Gasteiger charge is 2.16. The lowest BCUT2D eigenvalue weighted by Crippen LogP contribution is -2.13. The maximum atomic E-state index is 11.8. The SMILES string of the molecule is Cc1nc(C)c(C(=O)Nc2ccc(Cl)nn2)o1. The van der Waals surface area contributed by atoms with Crippen molar-refractivity contribution in [3.05, 3.63) is 34.6 Å². The van der Waals surface area contributed by atoms with Gasteiger partial charge in [-0.3, -0.25) is 4.79 Å². The minimum absolute atomic E-state index is 0.166. The summed E-state index contributed by atoms with van der Waals surface area (Å²) < 4.78 is 5.17. The zero-order valence-corrected chi connectivity index (χ0v) is 9.95. The number of rotatable bonds is 2. The van der Waals surface area contributed by atoms with Crippen LogP contribution in [0.1, 0.15) is 22.1 Å². The van der Waals surface area contributed by atoms with Gasteiger partial charge < -0.3 is 9.73 Å². The van der Waals surface area contributed by atoms with Crippen LogP contribution in [0.15, 0.2) is 16.5 Å². The molecule has 17 heavy (non-hydrogen) atoms. The number of carbonyl (C=O) groups excluding carboxylic acids is 1. The maximum absolute atomic E-state index is 11.8. The molecule has 88 valence electrons. The normalized spacial score (nSPS) is 10.3. The molecule has 0 radical (unpaired) electrons. The fraction of sp³-hybridized carbons (Fsp3) is 0.200. The summed E-state index contributed by atoms with van der Waals surface area (Å²) in [6.07, 6.45) is 0. The van der Waals surface area contributed by atoms with E-state index in [0.29, 0.717) is 17.4 Å². The molecule has 0 aliphatic carbocycles. The second-order valence-electron chi connectivity index (χ2n) is 3.34. The van der Waals surface area contributed by atoms with Crippen LogP contribution in [0.3, 0.4) is 0 Å². The predicted molar refractivity (Wildman–Crippen MR) is 61.0 cm³/mol. The van der Waals surface area contributed by atoms with E-state index >= 15 is 0 Å². The molecule has 0 aromatic carbocycles. The molecular formula is C10H9ClN4O2. The number of hydrogen-bond donors (Lipinski definition) is 1. The van der Waals surface area contributed by atoms with Gasteiger partial charge in [-0.15, -0.1) is 10.2 Å². The van der Waals surface area contributed by atoms with Crippen LogP contribution in [-0.4, -0.2) is 21.1 Å². The lowest BCUT2D eigenvalue weighted by molar-refractivity contribution is 0.0994. The first-order chi connectivity index (χ1) is 8.06. The zero-order valence-electron chi connectivity index (χ0n) is 9.19. The lowest BCUT2D eigenvalue weighted by atomic mass is 10.3. The number of hydrogen-bond acceptors (Lipinski definition) is 5. The van der Waals surface area contributed by atoms with E-state index in [1.807, 2.05) is 0 Å². The minimum atomic E-state index is -0.417. The molecule has 2 aromatic heterocycles. The highest BCUT2D eigenvalue weighted by molar-refractivity contribution is 6.29. The van der Waals surface area contributed by atoms with Gasteiger partial charge in [0.15, 0.2) is 16.9 Å². The number of oxazole rings is 1. The molecule has 0 unspecified atom stereocenters. The topological polar surface area (TPSA) is 80.9 Å². The van der Waals surface area contributed by atoms with Crippen LogP contribution >= 0.6 is 11.6 Å². The molecule has 2 rings (SSSR count). The molecule has 0 bridgehead atoms. The Labute approximate surface area is 102 Å². The average Bonchev–Trinajstić information content (AvgIpc) is 2.61. The summed E-state index contributed by atoms with van der Waals surface area (Å²) in [5.41, 5.74) is 0.530. The highest BCUT2D eigenvalue weighted by Crippen LogP contribution is 2.12. The zero-order chi connectivity index (χ0) is 12.4. The fourth-order valence-corrected chi connectivity index (χ4v) is 1.40. The fourth-order valence-electron chi connectivity index (χ4n) is 1.30. The van der Waals surface area contributed by atoms with Crippen molar-refractivity contribution in [1.82, 2.24) is 15.2 Å². The van der Waals surface area contributed by atoms with Crippen LogP contribution in [0, 0.1) is 13.8 Å². The predicted octanol–water partition coefficient (Wildman–Crippen LogP) is 1.99. The molecule has 7 heteroatoms. The van der Waals surface area contributed by atoms with E-state index in [4.69, 9.17) is 16.0 Å². The summed E-state index contributed by atoms with van der Waals surface area (Å²) in [5, 5.41) is 10.1. The standard InChI is InChI=1S/C10H9ClN4O2/c1-5-9(17-6(2)12-5)10(16)13-8-4-3-7(11)14-15-8/h3-4H,1-2H3,(H,13,15,16). The van der Waals surface area contributed by atoms with Crippen LogP contribution in [-0.2, 0) is 0 Å². The Balaban J connectivity index is 2.17. The molecular weight excluding hydrogens is 244 g/mol. The minimum Gasteiger partial charge on any atom is -0.436 e. The molecule has 0 atom stereocenters. The van der Waals surface area contributed by atoms with Gasteiger partial charge in [0.2, 0.25) is 5.76 Å². The van der Waals surface area contributed by atoms with Crippen molar-refractivity contribution in [1.29, 1.82) is 0 Å². The van der Waals surface area contributed by atoms with Crippen molar-refractivity contribution in [2.75, 3.05) is 5.32 Å². The van der Waals surface area contributed by atoms with Crippen molar-refractivity contribution in [3.8, 4) is 0 Å². The van der Waals surface area contributed by atoms with Gasteiger partial charge in [-0.25, -0.2) is 4.98 Å². The van der Waals surface area contributed by atoms with Crippen molar-refractivity contribution in [2.24, 2.45) is 0 Å². The van der Waals surface area contributed by atoms with Gasteiger partial charge in [-0.2, -0.15) is 0 Å². The molecule has 0 fully saturated rings. The van der Waals surface area contributed by atoms with Gasteiger partial charge in [0.05, 0.1) is 5.69 Å². The molecule has 1 N–H and O–H groups in total. The second-order valence-corrected chi connectivity index (χ2v) is 3.73. The van der Waals surface area contributed by atoms with Crippen molar-refractivity contribution in [3.63, 3.8) is 0 Å². The molecule has 0 spiro atoms. The van der Waals surface area contributed by atoms with Gasteiger partial charge in [-0.1, -0.05) is 11.6 Å². The number of amides is 1. The molecule has 0 aliphatic rings. The van der Waals surface area contributed by atoms with E-state index in [0.717, 1.165) is 0 Å². The van der Waals surface area contributed by atoms with E-state index in [2.05, 4.69) is 20.5 Å². The molecule has 2 aromatic rings. The Bertz CT molecular complexity index is 550. The Morgan fingerprint density at radius 3 is 2.65 bits per heavy atom. The molecule has 0 saturated carbocycles. The summed E-state index contributed by atoms with van der Waals surface area (Å²) in [4.78, 5) is 15.8. The van der Waals surface area contributed by atoms with Crippen molar-refractivity contribution in [2.45, 2.75) is 13.8 Å². The van der Waals surface area contributed by atoms with E-state index in [-0.39, 0.29) is 10.9 Å². The molecule has 0 saturated heterocycles. The van der Waals surface area contributed by atoms with Gasteiger partial charge in [0, 0.05) is 6.92 Å². The van der Waals surface area contributed by atoms with Gasteiger partial charge >= 0.3 is 0 Å². The summed E-state index contributed by atoms with van der Waals surface area (Å²) in [6, 6.07) is 3.08. The summed E-state index contributed by atoms with van der Waals surface area (Å²) in [5.74, 6) is 0.488. The number of nitrogens with one attached hydrogen (secondary N) is 1. The maximum Gasteiger partial charge on any atom is 0.294 e. The number of aryl methyl sites for hydroxylation is 2. The Morgan fingerprint density at radius 2 is 2.12 bits per heavy atom. The number of anilines is 1. The molecule has 1 amide bonds. The monoisotopic (exact) mass is 252 g/mol. The summed E-state index contributed by atoms with van der Waals surface area (Å²) in [6.45, 7) is 3.37. The Kier molecular flexibility index (Phi) is 3.06. The first kappa shape index (κ1) is 11.5. The van der Waals surface area contributed by atoms with Gasteiger partial charge in [0.25, 0.3) is 5.91 Å². The number of carbonyl (C=O) groups is 1. The first-order valence-corrected chi connectivity index (χ1v) is 5.18. The smallest absolute Gasteiger partial charge is 0.294 e. The largest absolute Gasteiger partial charge is 0.436 e. The third-order valence-corrected chi connectivity index (χ3v) is 2.18. The quantitative estimate of drug-likeness (QED) is 0.884. The Morgan fingerprint density at radius 1 is 1.35 bits per heavy atom. The third kappa shape index (κ3) is 2.59. The van der Waals surface area contributed by atoms with Crippen LogP contribution < -0.4 is 5.32 Å². The van der Waals surface area contributed by atoms with Crippen LogP contribution in [0.2, 0.25) is 5.15 Å². The van der Waals surface area contributed by atoms with Crippen LogP contribution in [0.4, 0.5) is 5.82 Å². The number of halogens is 1. The average molecular weight is 253 g/mol. The van der Waals surface area contributed by atoms with Gasteiger partial charge in [-0.05, 0) is 19.1 Å². The van der Waals surface area contributed by atoms with Crippen molar-refractivity contribution >= 4 is 23.3 Å². The van der Waals surface area contributed by atoms with Gasteiger partial charge in [0.1, 0.15) is 0 Å². The molecule has 6 nitrogen and oxygen atoms in total. The van der Waals surface area contributed by atoms with E-state index in [9.17, 15) is 4.79 Å². The lowest BCUT2D eigenvalue weighted by Gasteiger charge is -2.00. The summed E-state index contributed by atoms with van der Waals surface area (Å²) >= 11 is 5.58.